The maximum absolute atomic E-state index is 5.89. The smallest absolute Gasteiger partial charge is 0.120 e. The van der Waals surface area contributed by atoms with E-state index in [1.807, 2.05) is 43.4 Å². The molecule has 110 valence electrons. The number of oxime groups is 1. The highest BCUT2D eigenvalue weighted by molar-refractivity contribution is 5.79. The summed E-state index contributed by atoms with van der Waals surface area (Å²) in [5.74, 6) is 0.806. The average molecular weight is 284 g/mol. The van der Waals surface area contributed by atoms with Crippen molar-refractivity contribution >= 4 is 11.9 Å². The van der Waals surface area contributed by atoms with E-state index in [2.05, 4.69) is 28.3 Å². The lowest BCUT2D eigenvalue weighted by Crippen LogP contribution is -2.03. The highest BCUT2D eigenvalue weighted by Crippen LogP contribution is 2.22. The van der Waals surface area contributed by atoms with Crippen LogP contribution in [0.25, 0.3) is 0 Å². The van der Waals surface area contributed by atoms with E-state index in [4.69, 9.17) is 4.74 Å². The summed E-state index contributed by atoms with van der Waals surface area (Å²) in [5, 5.41) is 6.95. The summed E-state index contributed by atoms with van der Waals surface area (Å²) in [4.78, 5) is 4.68. The van der Waals surface area contributed by atoms with Gasteiger partial charge in [-0.15, -0.1) is 0 Å². The minimum absolute atomic E-state index is 0.522. The summed E-state index contributed by atoms with van der Waals surface area (Å²) in [5.41, 5.74) is 4.40. The molecule has 0 aromatic heterocycles. The van der Waals surface area contributed by atoms with Crippen molar-refractivity contribution in [2.24, 2.45) is 5.16 Å². The molecule has 0 bridgehead atoms. The number of ether oxygens (including phenoxy) is 1. The highest BCUT2D eigenvalue weighted by Gasteiger charge is 2.05. The Balaban J connectivity index is 2.11. The van der Waals surface area contributed by atoms with Crippen LogP contribution in [0.1, 0.15) is 16.7 Å². The van der Waals surface area contributed by atoms with Crippen LogP contribution in [0.3, 0.4) is 0 Å². The first kappa shape index (κ1) is 14.9. The van der Waals surface area contributed by atoms with Gasteiger partial charge in [0.25, 0.3) is 0 Å². The van der Waals surface area contributed by atoms with Gasteiger partial charge < -0.3 is 14.9 Å². The van der Waals surface area contributed by atoms with Crippen LogP contribution in [0, 0.1) is 6.92 Å². The van der Waals surface area contributed by atoms with Gasteiger partial charge in [-0.3, -0.25) is 0 Å². The van der Waals surface area contributed by atoms with Gasteiger partial charge in [-0.25, -0.2) is 0 Å². The summed E-state index contributed by atoms with van der Waals surface area (Å²) in [6, 6.07) is 13.9. The molecule has 2 aromatic carbocycles. The molecule has 0 unspecified atom stereocenters. The van der Waals surface area contributed by atoms with Crippen molar-refractivity contribution < 1.29 is 9.57 Å². The maximum Gasteiger partial charge on any atom is 0.120 e. The maximum atomic E-state index is 5.89. The van der Waals surface area contributed by atoms with Gasteiger partial charge in [0.2, 0.25) is 0 Å². The summed E-state index contributed by atoms with van der Waals surface area (Å²) < 4.78 is 5.89. The van der Waals surface area contributed by atoms with E-state index in [9.17, 15) is 0 Å². The van der Waals surface area contributed by atoms with E-state index in [1.165, 1.54) is 12.7 Å². The van der Waals surface area contributed by atoms with Crippen LogP contribution in [-0.4, -0.2) is 20.4 Å². The average Bonchev–Trinajstić information content (AvgIpc) is 2.52. The van der Waals surface area contributed by atoms with Gasteiger partial charge in [0.05, 0.1) is 6.21 Å². The molecule has 2 rings (SSSR count). The van der Waals surface area contributed by atoms with E-state index in [0.29, 0.717) is 6.61 Å². The van der Waals surface area contributed by atoms with Crippen LogP contribution in [0.5, 0.6) is 5.75 Å². The van der Waals surface area contributed by atoms with Crippen LogP contribution >= 0.6 is 0 Å². The largest absolute Gasteiger partial charge is 0.489 e. The Bertz CT molecular complexity index is 624. The van der Waals surface area contributed by atoms with Gasteiger partial charge in [-0.2, -0.15) is 0 Å². The lowest BCUT2D eigenvalue weighted by molar-refractivity contribution is 0.215. The predicted molar refractivity (Wildman–Crippen MR) is 86.1 cm³/mol. The fourth-order valence-corrected chi connectivity index (χ4v) is 2.08. The van der Waals surface area contributed by atoms with Gasteiger partial charge >= 0.3 is 0 Å². The van der Waals surface area contributed by atoms with Gasteiger partial charge in [-0.05, 0) is 36.2 Å². The first-order valence-electron chi connectivity index (χ1n) is 6.80. The normalized spacial score (nSPS) is 10.6. The Hall–Kier alpha value is -2.49. The molecular weight excluding hydrogens is 264 g/mol. The molecule has 2 aromatic rings. The van der Waals surface area contributed by atoms with Gasteiger partial charge in [0.1, 0.15) is 19.5 Å². The van der Waals surface area contributed by atoms with Crippen molar-refractivity contribution in [3.63, 3.8) is 0 Å². The fraction of sp³-hybridized carbons (Fsp3) is 0.235. The van der Waals surface area contributed by atoms with Crippen molar-refractivity contribution in [3.05, 3.63) is 59.2 Å². The monoisotopic (exact) mass is 284 g/mol. The summed E-state index contributed by atoms with van der Waals surface area (Å²) >= 11 is 0. The third kappa shape index (κ3) is 3.99. The zero-order chi connectivity index (χ0) is 15.1. The topological polar surface area (TPSA) is 42.8 Å². The van der Waals surface area contributed by atoms with Crippen LogP contribution in [0.2, 0.25) is 0 Å². The molecule has 0 aliphatic carbocycles. The van der Waals surface area contributed by atoms with Crippen LogP contribution < -0.4 is 10.1 Å². The van der Waals surface area contributed by atoms with E-state index in [-0.39, 0.29) is 0 Å². The second-order valence-electron chi connectivity index (χ2n) is 4.63. The number of hydrogen-bond donors (Lipinski definition) is 1. The fourth-order valence-electron chi connectivity index (χ4n) is 2.08. The molecule has 0 saturated heterocycles. The zero-order valence-electron chi connectivity index (χ0n) is 12.6. The molecule has 4 nitrogen and oxygen atoms in total. The minimum Gasteiger partial charge on any atom is -0.489 e. The van der Waals surface area contributed by atoms with Crippen molar-refractivity contribution in [2.45, 2.75) is 13.5 Å². The van der Waals surface area contributed by atoms with Crippen molar-refractivity contribution in [3.8, 4) is 5.75 Å². The summed E-state index contributed by atoms with van der Waals surface area (Å²) in [7, 11) is 3.44. The molecule has 0 amide bonds. The first-order valence-corrected chi connectivity index (χ1v) is 6.80. The van der Waals surface area contributed by atoms with Gasteiger partial charge in [0, 0.05) is 18.3 Å². The predicted octanol–water partition coefficient (Wildman–Crippen LogP) is 3.60. The number of benzene rings is 2. The lowest BCUT2D eigenvalue weighted by atomic mass is 10.1. The number of anilines is 1. The highest BCUT2D eigenvalue weighted by atomic mass is 16.6. The second kappa shape index (κ2) is 7.33. The molecule has 0 heterocycles. The Morgan fingerprint density at radius 1 is 1.19 bits per heavy atom. The Morgan fingerprint density at radius 3 is 2.76 bits per heavy atom. The third-order valence-corrected chi connectivity index (χ3v) is 3.23. The number of nitrogens with zero attached hydrogens (tertiary/aromatic N) is 1. The lowest BCUT2D eigenvalue weighted by Gasteiger charge is -2.13. The summed E-state index contributed by atoms with van der Waals surface area (Å²) in [6.07, 6.45) is 1.65. The molecule has 0 aliphatic heterocycles. The SMILES string of the molecule is CNc1cccc(C)c1COc1cccc(C=NOC)c1. The van der Waals surface area contributed by atoms with Gasteiger partial charge in [0.15, 0.2) is 0 Å². The molecule has 0 aliphatic rings. The van der Waals surface area contributed by atoms with Crippen LogP contribution in [0.15, 0.2) is 47.6 Å². The number of hydrogen-bond acceptors (Lipinski definition) is 4. The molecular formula is C17H20N2O2. The second-order valence-corrected chi connectivity index (χ2v) is 4.63. The number of rotatable bonds is 6. The van der Waals surface area contributed by atoms with Crippen molar-refractivity contribution in [2.75, 3.05) is 19.5 Å². The number of nitrogens with one attached hydrogen (secondary N) is 1. The van der Waals surface area contributed by atoms with E-state index >= 15 is 0 Å². The van der Waals surface area contributed by atoms with E-state index in [0.717, 1.165) is 22.6 Å². The van der Waals surface area contributed by atoms with Crippen LogP contribution in [-0.2, 0) is 11.4 Å². The first-order chi connectivity index (χ1) is 10.2. The van der Waals surface area contributed by atoms with Crippen molar-refractivity contribution in [1.82, 2.24) is 0 Å². The standard InChI is InChI=1S/C17H20N2O2/c1-13-6-4-9-17(18-2)16(13)12-21-15-8-5-7-14(10-15)11-19-20-3/h4-11,18H,12H2,1-3H3. The Kier molecular flexibility index (Phi) is 5.21. The molecule has 0 saturated carbocycles. The molecule has 0 fully saturated rings. The molecule has 4 heteroatoms. The Labute approximate surface area is 125 Å². The van der Waals surface area contributed by atoms with E-state index in [1.54, 1.807) is 6.21 Å². The van der Waals surface area contributed by atoms with E-state index < -0.39 is 0 Å². The Morgan fingerprint density at radius 2 is 2.00 bits per heavy atom. The quantitative estimate of drug-likeness (QED) is 0.651. The number of aryl methyl sites for hydroxylation is 1. The van der Waals surface area contributed by atoms with Crippen LogP contribution in [0.4, 0.5) is 5.69 Å². The zero-order valence-corrected chi connectivity index (χ0v) is 12.6. The van der Waals surface area contributed by atoms with Gasteiger partial charge in [-0.1, -0.05) is 29.4 Å². The molecule has 1 N–H and O–H groups in total. The third-order valence-electron chi connectivity index (χ3n) is 3.23. The molecule has 21 heavy (non-hydrogen) atoms. The molecule has 0 atom stereocenters. The molecule has 0 spiro atoms. The van der Waals surface area contributed by atoms with Crippen molar-refractivity contribution in [1.29, 1.82) is 0 Å². The summed E-state index contributed by atoms with van der Waals surface area (Å²) in [6.45, 7) is 2.61. The molecule has 0 radical (unpaired) electrons. The minimum atomic E-state index is 0.522.